The van der Waals surface area contributed by atoms with Gasteiger partial charge in [-0.3, -0.25) is 9.69 Å². The molecule has 122 valence electrons. The molecule has 2 unspecified atom stereocenters. The number of carbonyl (C=O) groups is 1. The predicted molar refractivity (Wildman–Crippen MR) is 86.2 cm³/mol. The van der Waals surface area contributed by atoms with Crippen molar-refractivity contribution in [3.05, 3.63) is 0 Å². The maximum Gasteiger partial charge on any atom is 0.237 e. The third-order valence-electron chi connectivity index (χ3n) is 5.14. The second kappa shape index (κ2) is 7.56. The summed E-state index contributed by atoms with van der Waals surface area (Å²) in [5.41, 5.74) is 5.03. The number of hydrogen-bond donors (Lipinski definition) is 2. The molecule has 5 heteroatoms. The summed E-state index contributed by atoms with van der Waals surface area (Å²) >= 11 is 0. The van der Waals surface area contributed by atoms with Crippen LogP contribution in [0.4, 0.5) is 0 Å². The standard InChI is InChI=1S/C16H32N4O/c1-3-8-18-16(2,15(17)21)7-12-19-11-6-14(13-19)20-9-4-5-10-20/h14,18H,3-13H2,1-2H3,(H2,17,21). The van der Waals surface area contributed by atoms with E-state index in [-0.39, 0.29) is 5.91 Å². The van der Waals surface area contributed by atoms with E-state index in [4.69, 9.17) is 5.73 Å². The first-order valence-corrected chi connectivity index (χ1v) is 8.56. The number of rotatable bonds is 8. The molecular weight excluding hydrogens is 264 g/mol. The molecule has 0 spiro atoms. The van der Waals surface area contributed by atoms with Crippen LogP contribution in [0, 0.1) is 0 Å². The Balaban J connectivity index is 1.77. The van der Waals surface area contributed by atoms with E-state index in [2.05, 4.69) is 22.0 Å². The Morgan fingerprint density at radius 2 is 2.05 bits per heavy atom. The van der Waals surface area contributed by atoms with Crippen LogP contribution in [0.15, 0.2) is 0 Å². The van der Waals surface area contributed by atoms with Gasteiger partial charge in [0.05, 0.1) is 5.54 Å². The largest absolute Gasteiger partial charge is 0.368 e. The van der Waals surface area contributed by atoms with Crippen molar-refractivity contribution in [1.82, 2.24) is 15.1 Å². The van der Waals surface area contributed by atoms with E-state index >= 15 is 0 Å². The Kier molecular flexibility index (Phi) is 6.02. The first kappa shape index (κ1) is 16.7. The third kappa shape index (κ3) is 4.41. The van der Waals surface area contributed by atoms with Gasteiger partial charge in [-0.2, -0.15) is 0 Å². The normalized spacial score (nSPS) is 27.0. The molecule has 2 fully saturated rings. The Bertz CT molecular complexity index is 343. The lowest BCUT2D eigenvalue weighted by Crippen LogP contribution is -2.54. The molecular formula is C16H32N4O. The van der Waals surface area contributed by atoms with E-state index in [1.165, 1.54) is 32.4 Å². The van der Waals surface area contributed by atoms with E-state index in [9.17, 15) is 4.79 Å². The molecule has 0 bridgehead atoms. The number of primary amides is 1. The van der Waals surface area contributed by atoms with E-state index < -0.39 is 5.54 Å². The molecule has 0 aromatic heterocycles. The quantitative estimate of drug-likeness (QED) is 0.695. The number of nitrogens with one attached hydrogen (secondary N) is 1. The lowest BCUT2D eigenvalue weighted by molar-refractivity contribution is -0.124. The predicted octanol–water partition coefficient (Wildman–Crippen LogP) is 0.790. The average molecular weight is 296 g/mol. The van der Waals surface area contributed by atoms with Crippen molar-refractivity contribution in [3.63, 3.8) is 0 Å². The monoisotopic (exact) mass is 296 g/mol. The molecule has 2 heterocycles. The summed E-state index contributed by atoms with van der Waals surface area (Å²) in [5.74, 6) is -0.230. The summed E-state index contributed by atoms with van der Waals surface area (Å²) in [7, 11) is 0. The zero-order chi connectivity index (χ0) is 15.3. The summed E-state index contributed by atoms with van der Waals surface area (Å²) in [6, 6.07) is 0.732. The van der Waals surface area contributed by atoms with E-state index in [0.29, 0.717) is 0 Å². The fourth-order valence-corrected chi connectivity index (χ4v) is 3.50. The van der Waals surface area contributed by atoms with Gasteiger partial charge in [-0.05, 0) is 65.2 Å². The lowest BCUT2D eigenvalue weighted by atomic mass is 9.96. The Morgan fingerprint density at radius 1 is 1.33 bits per heavy atom. The van der Waals surface area contributed by atoms with Crippen molar-refractivity contribution >= 4 is 5.91 Å². The molecule has 0 aliphatic carbocycles. The van der Waals surface area contributed by atoms with Gasteiger partial charge >= 0.3 is 0 Å². The molecule has 5 nitrogen and oxygen atoms in total. The fraction of sp³-hybridized carbons (Fsp3) is 0.938. The maximum atomic E-state index is 11.7. The number of amides is 1. The van der Waals surface area contributed by atoms with Crippen LogP contribution in [-0.2, 0) is 4.79 Å². The highest BCUT2D eigenvalue weighted by Crippen LogP contribution is 2.21. The minimum absolute atomic E-state index is 0.230. The van der Waals surface area contributed by atoms with Gasteiger partial charge in [0, 0.05) is 19.1 Å². The van der Waals surface area contributed by atoms with Crippen molar-refractivity contribution in [2.75, 3.05) is 39.3 Å². The molecule has 0 aromatic rings. The highest BCUT2D eigenvalue weighted by molar-refractivity contribution is 5.84. The van der Waals surface area contributed by atoms with E-state index in [1.807, 2.05) is 6.92 Å². The average Bonchev–Trinajstić information content (AvgIpc) is 3.12. The Hall–Kier alpha value is -0.650. The van der Waals surface area contributed by atoms with Gasteiger partial charge in [-0.25, -0.2) is 0 Å². The van der Waals surface area contributed by atoms with Crippen LogP contribution in [0.25, 0.3) is 0 Å². The zero-order valence-corrected chi connectivity index (χ0v) is 13.7. The van der Waals surface area contributed by atoms with Crippen molar-refractivity contribution in [3.8, 4) is 0 Å². The molecule has 0 aromatic carbocycles. The molecule has 2 aliphatic rings. The number of hydrogen-bond acceptors (Lipinski definition) is 4. The number of likely N-dealkylation sites (tertiary alicyclic amines) is 2. The van der Waals surface area contributed by atoms with Crippen molar-refractivity contribution in [1.29, 1.82) is 0 Å². The van der Waals surface area contributed by atoms with Crippen LogP contribution >= 0.6 is 0 Å². The Morgan fingerprint density at radius 3 is 2.67 bits per heavy atom. The van der Waals surface area contributed by atoms with Gasteiger partial charge in [-0.15, -0.1) is 0 Å². The first-order chi connectivity index (χ1) is 10.0. The van der Waals surface area contributed by atoms with E-state index in [0.717, 1.165) is 45.1 Å². The van der Waals surface area contributed by atoms with Crippen LogP contribution in [-0.4, -0.2) is 66.6 Å². The van der Waals surface area contributed by atoms with Gasteiger partial charge in [0.2, 0.25) is 5.91 Å². The molecule has 3 N–H and O–H groups in total. The van der Waals surface area contributed by atoms with Gasteiger partial charge in [0.25, 0.3) is 0 Å². The van der Waals surface area contributed by atoms with Crippen LogP contribution in [0.1, 0.15) is 46.0 Å². The first-order valence-electron chi connectivity index (χ1n) is 8.56. The van der Waals surface area contributed by atoms with Crippen LogP contribution in [0.2, 0.25) is 0 Å². The van der Waals surface area contributed by atoms with Crippen LogP contribution < -0.4 is 11.1 Å². The molecule has 21 heavy (non-hydrogen) atoms. The summed E-state index contributed by atoms with van der Waals surface area (Å²) in [6.45, 7) is 10.7. The minimum Gasteiger partial charge on any atom is -0.368 e. The maximum absolute atomic E-state index is 11.7. The fourth-order valence-electron chi connectivity index (χ4n) is 3.50. The SMILES string of the molecule is CCCNC(C)(CCN1CCC(N2CCCC2)C1)C(N)=O. The molecule has 2 atom stereocenters. The summed E-state index contributed by atoms with van der Waals surface area (Å²) < 4.78 is 0. The van der Waals surface area contributed by atoms with Crippen LogP contribution in [0.3, 0.4) is 0 Å². The Labute approximate surface area is 129 Å². The van der Waals surface area contributed by atoms with E-state index in [1.54, 1.807) is 0 Å². The van der Waals surface area contributed by atoms with Gasteiger partial charge < -0.3 is 16.0 Å². The molecule has 2 aliphatic heterocycles. The highest BCUT2D eigenvalue weighted by Gasteiger charge is 2.33. The lowest BCUT2D eigenvalue weighted by Gasteiger charge is -2.30. The summed E-state index contributed by atoms with van der Waals surface area (Å²) in [6.07, 6.45) is 5.81. The summed E-state index contributed by atoms with van der Waals surface area (Å²) in [5, 5.41) is 3.32. The summed E-state index contributed by atoms with van der Waals surface area (Å²) in [4.78, 5) is 16.9. The van der Waals surface area contributed by atoms with Crippen molar-refractivity contribution in [2.24, 2.45) is 5.73 Å². The number of nitrogens with two attached hydrogens (primary N) is 1. The van der Waals surface area contributed by atoms with Gasteiger partial charge in [0.15, 0.2) is 0 Å². The molecule has 0 saturated carbocycles. The zero-order valence-electron chi connectivity index (χ0n) is 13.7. The topological polar surface area (TPSA) is 61.6 Å². The van der Waals surface area contributed by atoms with Gasteiger partial charge in [0.1, 0.15) is 0 Å². The number of carbonyl (C=O) groups excluding carboxylic acids is 1. The smallest absolute Gasteiger partial charge is 0.237 e. The highest BCUT2D eigenvalue weighted by atomic mass is 16.1. The van der Waals surface area contributed by atoms with Crippen molar-refractivity contribution < 1.29 is 4.79 Å². The second-order valence-electron chi connectivity index (χ2n) is 6.86. The van der Waals surface area contributed by atoms with Gasteiger partial charge in [-0.1, -0.05) is 6.92 Å². The number of nitrogens with zero attached hydrogens (tertiary/aromatic N) is 2. The third-order valence-corrected chi connectivity index (χ3v) is 5.14. The molecule has 1 amide bonds. The molecule has 2 saturated heterocycles. The van der Waals surface area contributed by atoms with Crippen molar-refractivity contribution in [2.45, 2.75) is 57.5 Å². The second-order valence-corrected chi connectivity index (χ2v) is 6.86. The molecule has 2 rings (SSSR count). The minimum atomic E-state index is -0.568. The molecule has 0 radical (unpaired) electrons. The van der Waals surface area contributed by atoms with Crippen LogP contribution in [0.5, 0.6) is 0 Å².